The summed E-state index contributed by atoms with van der Waals surface area (Å²) < 4.78 is 24.2. The molecule has 1 aliphatic rings. The molecule has 0 bridgehead atoms. The predicted octanol–water partition coefficient (Wildman–Crippen LogP) is 0.0265. The van der Waals surface area contributed by atoms with Crippen molar-refractivity contribution in [1.29, 1.82) is 5.26 Å². The molecule has 0 aromatic rings. The van der Waals surface area contributed by atoms with Crippen LogP contribution in [0.2, 0.25) is 0 Å². The van der Waals surface area contributed by atoms with Gasteiger partial charge in [-0.05, 0) is 19.8 Å². The lowest BCUT2D eigenvalue weighted by molar-refractivity contribution is -0.150. The molecule has 0 amide bonds. The maximum absolute atomic E-state index is 11.5. The van der Waals surface area contributed by atoms with Gasteiger partial charge in [0.05, 0.1) is 11.5 Å². The van der Waals surface area contributed by atoms with Crippen molar-refractivity contribution in [3.05, 3.63) is 0 Å². The van der Waals surface area contributed by atoms with Gasteiger partial charge in [0.1, 0.15) is 0 Å². The van der Waals surface area contributed by atoms with Crippen LogP contribution in [0, 0.1) is 16.7 Å². The molecule has 6 nitrogen and oxygen atoms in total. The van der Waals surface area contributed by atoms with E-state index >= 15 is 0 Å². The molecule has 7 heteroatoms. The molecule has 0 spiro atoms. The first kappa shape index (κ1) is 12.9. The summed E-state index contributed by atoms with van der Waals surface area (Å²) in [5.74, 6) is -1.44. The first-order valence-electron chi connectivity index (χ1n) is 4.90. The number of nitrogens with zero attached hydrogens (tertiary/aromatic N) is 2. The molecule has 0 unspecified atom stereocenters. The van der Waals surface area contributed by atoms with Gasteiger partial charge in [-0.2, -0.15) is 5.26 Å². The van der Waals surface area contributed by atoms with Crippen LogP contribution in [0.4, 0.5) is 0 Å². The standard InChI is InChI=1S/C9H14N2O4S/c1-9(8(12)13)2-5-11(6-3-9)16(14,15)7-4-10/h2-3,5-7H2,1H3,(H,12,13). The van der Waals surface area contributed by atoms with Crippen molar-refractivity contribution < 1.29 is 18.3 Å². The topological polar surface area (TPSA) is 98.5 Å². The fourth-order valence-corrected chi connectivity index (χ4v) is 2.73. The number of rotatable bonds is 3. The Morgan fingerprint density at radius 3 is 2.38 bits per heavy atom. The van der Waals surface area contributed by atoms with Crippen LogP contribution in [0.5, 0.6) is 0 Å². The molecule has 0 aromatic carbocycles. The Balaban J connectivity index is 2.70. The molecule has 1 heterocycles. The van der Waals surface area contributed by atoms with Crippen molar-refractivity contribution in [3.63, 3.8) is 0 Å². The van der Waals surface area contributed by atoms with Gasteiger partial charge in [-0.25, -0.2) is 12.7 Å². The highest BCUT2D eigenvalue weighted by atomic mass is 32.2. The van der Waals surface area contributed by atoms with Crippen molar-refractivity contribution in [2.75, 3.05) is 18.8 Å². The van der Waals surface area contributed by atoms with E-state index in [9.17, 15) is 13.2 Å². The third-order valence-electron chi connectivity index (χ3n) is 2.98. The first-order valence-corrected chi connectivity index (χ1v) is 6.51. The molecule has 1 aliphatic heterocycles. The van der Waals surface area contributed by atoms with E-state index < -0.39 is 27.2 Å². The SMILES string of the molecule is CC1(C(=O)O)CCN(S(=O)(=O)CC#N)CC1. The van der Waals surface area contributed by atoms with Crippen molar-refractivity contribution in [2.24, 2.45) is 5.41 Å². The lowest BCUT2D eigenvalue weighted by Gasteiger charge is -2.35. The minimum atomic E-state index is -3.53. The number of nitriles is 1. The summed E-state index contributed by atoms with van der Waals surface area (Å²) in [5.41, 5.74) is -0.849. The van der Waals surface area contributed by atoms with Crippen LogP contribution in [0.25, 0.3) is 0 Å². The Bertz CT molecular complexity index is 415. The van der Waals surface area contributed by atoms with Gasteiger partial charge in [0, 0.05) is 13.1 Å². The highest BCUT2D eigenvalue weighted by Gasteiger charge is 2.39. The van der Waals surface area contributed by atoms with E-state index in [2.05, 4.69) is 0 Å². The van der Waals surface area contributed by atoms with Crippen LogP contribution in [-0.2, 0) is 14.8 Å². The fraction of sp³-hybridized carbons (Fsp3) is 0.778. The molecule has 1 saturated heterocycles. The van der Waals surface area contributed by atoms with Crippen molar-refractivity contribution >= 4 is 16.0 Å². The van der Waals surface area contributed by atoms with Gasteiger partial charge in [0.25, 0.3) is 0 Å². The number of hydrogen-bond donors (Lipinski definition) is 1. The van der Waals surface area contributed by atoms with Crippen molar-refractivity contribution in [2.45, 2.75) is 19.8 Å². The van der Waals surface area contributed by atoms with Crippen LogP contribution in [0.1, 0.15) is 19.8 Å². The van der Waals surface area contributed by atoms with Gasteiger partial charge in [0.15, 0.2) is 5.75 Å². The van der Waals surface area contributed by atoms with Crippen LogP contribution in [-0.4, -0.2) is 42.6 Å². The van der Waals surface area contributed by atoms with Crippen molar-refractivity contribution in [3.8, 4) is 6.07 Å². The normalized spacial score (nSPS) is 21.2. The van der Waals surface area contributed by atoms with Gasteiger partial charge >= 0.3 is 5.97 Å². The Morgan fingerprint density at radius 1 is 1.50 bits per heavy atom. The van der Waals surface area contributed by atoms with Crippen LogP contribution < -0.4 is 0 Å². The monoisotopic (exact) mass is 246 g/mol. The Labute approximate surface area is 94.5 Å². The zero-order chi connectivity index (χ0) is 12.4. The molecule has 1 fully saturated rings. The third kappa shape index (κ3) is 2.51. The molecule has 16 heavy (non-hydrogen) atoms. The van der Waals surface area contributed by atoms with Crippen molar-refractivity contribution in [1.82, 2.24) is 4.31 Å². The molecular formula is C9H14N2O4S. The van der Waals surface area contributed by atoms with Gasteiger partial charge in [-0.15, -0.1) is 0 Å². The fourth-order valence-electron chi connectivity index (χ4n) is 1.64. The molecule has 90 valence electrons. The maximum atomic E-state index is 11.5. The second-order valence-electron chi connectivity index (χ2n) is 4.18. The summed E-state index contributed by atoms with van der Waals surface area (Å²) in [5, 5.41) is 17.3. The zero-order valence-corrected chi connectivity index (χ0v) is 9.83. The summed E-state index contributed by atoms with van der Waals surface area (Å²) in [4.78, 5) is 10.9. The summed E-state index contributed by atoms with van der Waals surface area (Å²) in [6.45, 7) is 1.96. The summed E-state index contributed by atoms with van der Waals surface area (Å²) in [7, 11) is -3.53. The van der Waals surface area contributed by atoms with E-state index in [0.29, 0.717) is 0 Å². The number of hydrogen-bond acceptors (Lipinski definition) is 4. The molecule has 0 aliphatic carbocycles. The predicted molar refractivity (Wildman–Crippen MR) is 55.9 cm³/mol. The van der Waals surface area contributed by atoms with Crippen LogP contribution >= 0.6 is 0 Å². The number of piperidine rings is 1. The van der Waals surface area contributed by atoms with E-state index in [1.54, 1.807) is 13.0 Å². The highest BCUT2D eigenvalue weighted by Crippen LogP contribution is 2.31. The highest BCUT2D eigenvalue weighted by molar-refractivity contribution is 7.89. The number of carboxylic acid groups (broad SMARTS) is 1. The largest absolute Gasteiger partial charge is 0.481 e. The lowest BCUT2D eigenvalue weighted by atomic mass is 9.81. The summed E-state index contributed by atoms with van der Waals surface area (Å²) in [6.07, 6.45) is 0.569. The second kappa shape index (κ2) is 4.39. The van der Waals surface area contributed by atoms with E-state index in [4.69, 9.17) is 10.4 Å². The average Bonchev–Trinajstić information content (AvgIpc) is 2.18. The van der Waals surface area contributed by atoms with Crippen LogP contribution in [0.3, 0.4) is 0 Å². The van der Waals surface area contributed by atoms with Gasteiger partial charge in [-0.3, -0.25) is 4.79 Å². The van der Waals surface area contributed by atoms with E-state index in [1.807, 2.05) is 0 Å². The molecule has 1 N–H and O–H groups in total. The van der Waals surface area contributed by atoms with Gasteiger partial charge in [-0.1, -0.05) is 0 Å². The van der Waals surface area contributed by atoms with E-state index in [-0.39, 0.29) is 25.9 Å². The molecule has 0 radical (unpaired) electrons. The van der Waals surface area contributed by atoms with E-state index in [0.717, 1.165) is 0 Å². The van der Waals surface area contributed by atoms with Gasteiger partial charge < -0.3 is 5.11 Å². The van der Waals surface area contributed by atoms with E-state index in [1.165, 1.54) is 4.31 Å². The minimum absolute atomic E-state index is 0.173. The Morgan fingerprint density at radius 2 is 2.00 bits per heavy atom. The smallest absolute Gasteiger partial charge is 0.309 e. The number of sulfonamides is 1. The van der Waals surface area contributed by atoms with Crippen LogP contribution in [0.15, 0.2) is 0 Å². The lowest BCUT2D eigenvalue weighted by Crippen LogP contribution is -2.45. The molecule has 1 rings (SSSR count). The first-order chi connectivity index (χ1) is 7.32. The zero-order valence-electron chi connectivity index (χ0n) is 9.01. The molecule has 0 saturated carbocycles. The summed E-state index contributed by atoms with van der Waals surface area (Å²) >= 11 is 0. The number of aliphatic carboxylic acids is 1. The molecule has 0 aromatic heterocycles. The molecule has 0 atom stereocenters. The number of carboxylic acids is 1. The Kier molecular flexibility index (Phi) is 3.55. The minimum Gasteiger partial charge on any atom is -0.481 e. The van der Waals surface area contributed by atoms with Gasteiger partial charge in [0.2, 0.25) is 10.0 Å². The number of carbonyl (C=O) groups is 1. The maximum Gasteiger partial charge on any atom is 0.309 e. The third-order valence-corrected chi connectivity index (χ3v) is 4.63. The quantitative estimate of drug-likeness (QED) is 0.757. The Hall–Kier alpha value is -1.13. The second-order valence-corrected chi connectivity index (χ2v) is 6.15. The molecular weight excluding hydrogens is 232 g/mol. The summed E-state index contributed by atoms with van der Waals surface area (Å²) in [6, 6.07) is 1.60. The average molecular weight is 246 g/mol.